The standard InChI is InChI=1S/C48H36N4O2P2/c53-55(49(39-22-8-2-9-23-39)45-30-16-17-31-46(45)50(55)40-24-10-3-11-25-40)43-34-38(37-20-6-1-7-21-37)35-44(36-43)56(54)51(41-26-12-4-13-27-41)47-32-18-19-33-48(47)52(56)42-28-14-5-15-29-42/h1-36H. The molecule has 0 radical (unpaired) electrons. The Hall–Kier alpha value is -6.58. The molecule has 10 rings (SSSR count). The van der Waals surface area contributed by atoms with Gasteiger partial charge in [0.05, 0.1) is 33.4 Å². The van der Waals surface area contributed by atoms with Crippen LogP contribution in [0.1, 0.15) is 0 Å². The molecule has 0 unspecified atom stereocenters. The van der Waals surface area contributed by atoms with E-state index in [1.54, 1.807) is 0 Å². The lowest BCUT2D eigenvalue weighted by Crippen LogP contribution is -2.32. The van der Waals surface area contributed by atoms with Crippen LogP contribution in [0.4, 0.5) is 45.5 Å². The minimum absolute atomic E-state index is 0.560. The Morgan fingerprint density at radius 1 is 0.268 bits per heavy atom. The number of nitrogens with zero attached hydrogens (tertiary/aromatic N) is 4. The van der Waals surface area contributed by atoms with E-state index in [1.165, 1.54) is 0 Å². The predicted octanol–water partition coefficient (Wildman–Crippen LogP) is 13.0. The molecule has 270 valence electrons. The summed E-state index contributed by atoms with van der Waals surface area (Å²) >= 11 is 0. The molecule has 2 aliphatic heterocycles. The molecule has 6 nitrogen and oxygen atoms in total. The maximum atomic E-state index is 17.0. The van der Waals surface area contributed by atoms with Gasteiger partial charge in [0, 0.05) is 22.7 Å². The summed E-state index contributed by atoms with van der Waals surface area (Å²) in [5.41, 5.74) is 8.24. The van der Waals surface area contributed by atoms with Crippen LogP contribution in [0.5, 0.6) is 0 Å². The summed E-state index contributed by atoms with van der Waals surface area (Å²) in [5.74, 6) is 0. The van der Waals surface area contributed by atoms with Gasteiger partial charge < -0.3 is 0 Å². The lowest BCUT2D eigenvalue weighted by Gasteiger charge is -2.36. The second-order valence-corrected chi connectivity index (χ2v) is 18.6. The molecule has 0 fully saturated rings. The number of anilines is 8. The average molecular weight is 763 g/mol. The number of fused-ring (bicyclic) bond motifs is 2. The number of hydrogen-bond donors (Lipinski definition) is 0. The van der Waals surface area contributed by atoms with E-state index in [0.717, 1.165) is 56.6 Å². The van der Waals surface area contributed by atoms with Gasteiger partial charge in [-0.2, -0.15) is 0 Å². The molecule has 0 saturated heterocycles. The predicted molar refractivity (Wildman–Crippen MR) is 234 cm³/mol. The van der Waals surface area contributed by atoms with Crippen LogP contribution in [0.25, 0.3) is 11.1 Å². The van der Waals surface area contributed by atoms with E-state index >= 15 is 9.13 Å². The Labute approximate surface area is 327 Å². The Bertz CT molecular complexity index is 2480. The van der Waals surface area contributed by atoms with Gasteiger partial charge in [0.1, 0.15) is 0 Å². The first kappa shape index (κ1) is 33.9. The summed E-state index contributed by atoms with van der Waals surface area (Å²) in [5, 5.41) is 1.12. The van der Waals surface area contributed by atoms with Crippen molar-refractivity contribution in [3.63, 3.8) is 0 Å². The van der Waals surface area contributed by atoms with Crippen molar-refractivity contribution < 1.29 is 9.13 Å². The maximum absolute atomic E-state index is 17.0. The summed E-state index contributed by atoms with van der Waals surface area (Å²) in [6.45, 7) is 0. The monoisotopic (exact) mass is 762 g/mol. The van der Waals surface area contributed by atoms with Crippen LogP contribution in [-0.2, 0) is 9.13 Å². The third-order valence-electron chi connectivity index (χ3n) is 10.4. The quantitative estimate of drug-likeness (QED) is 0.151. The van der Waals surface area contributed by atoms with Gasteiger partial charge in [0.25, 0.3) is 0 Å². The minimum atomic E-state index is -3.86. The first-order valence-corrected chi connectivity index (χ1v) is 21.8. The van der Waals surface area contributed by atoms with Gasteiger partial charge in [0.2, 0.25) is 0 Å². The normalized spacial score (nSPS) is 15.1. The van der Waals surface area contributed by atoms with Crippen molar-refractivity contribution in [2.45, 2.75) is 0 Å². The molecule has 8 aromatic rings. The molecule has 8 heteroatoms. The molecule has 2 aliphatic rings. The zero-order valence-electron chi connectivity index (χ0n) is 30.3. The highest BCUT2D eigenvalue weighted by Crippen LogP contribution is 2.72. The highest BCUT2D eigenvalue weighted by atomic mass is 31.2. The highest BCUT2D eigenvalue weighted by molar-refractivity contribution is 7.77. The van der Waals surface area contributed by atoms with Crippen molar-refractivity contribution in [2.75, 3.05) is 18.7 Å². The fourth-order valence-corrected chi connectivity index (χ4v) is 14.3. The van der Waals surface area contributed by atoms with Gasteiger partial charge in [-0.15, -0.1) is 0 Å². The first-order valence-electron chi connectivity index (χ1n) is 18.6. The second kappa shape index (κ2) is 13.6. The third-order valence-corrected chi connectivity index (χ3v) is 16.3. The summed E-state index contributed by atoms with van der Waals surface area (Å²) in [7, 11) is -7.72. The van der Waals surface area contributed by atoms with Crippen molar-refractivity contribution in [2.24, 2.45) is 0 Å². The molecule has 0 N–H and O–H groups in total. The van der Waals surface area contributed by atoms with Gasteiger partial charge in [-0.1, -0.05) is 127 Å². The molecule has 8 aromatic carbocycles. The minimum Gasteiger partial charge on any atom is -0.270 e. The van der Waals surface area contributed by atoms with Crippen LogP contribution in [0.15, 0.2) is 218 Å². The number of benzene rings is 8. The summed E-state index contributed by atoms with van der Waals surface area (Å²) in [6.07, 6.45) is 0. The van der Waals surface area contributed by atoms with E-state index in [-0.39, 0.29) is 0 Å². The molecular formula is C48H36N4O2P2. The van der Waals surface area contributed by atoms with Crippen molar-refractivity contribution >= 4 is 71.0 Å². The van der Waals surface area contributed by atoms with Gasteiger partial charge >= 0.3 is 14.9 Å². The van der Waals surface area contributed by atoms with Crippen LogP contribution in [0, 0.1) is 0 Å². The molecule has 0 saturated carbocycles. The smallest absolute Gasteiger partial charge is 0.270 e. The zero-order chi connectivity index (χ0) is 37.7. The van der Waals surface area contributed by atoms with E-state index in [4.69, 9.17) is 0 Å². The SMILES string of the molecule is O=P1(c2cc(-c3ccccc3)cc(P3(=O)N(c4ccccc4)c4ccccc4N3c3ccccc3)c2)N(c2ccccc2)c2ccccc2N1c1ccccc1. The van der Waals surface area contributed by atoms with Crippen molar-refractivity contribution in [3.05, 3.63) is 218 Å². The van der Waals surface area contributed by atoms with Crippen molar-refractivity contribution in [3.8, 4) is 11.1 Å². The molecular weight excluding hydrogens is 727 g/mol. The molecule has 0 aromatic heterocycles. The lowest BCUT2D eigenvalue weighted by molar-refractivity contribution is 0.582. The van der Waals surface area contributed by atoms with Crippen molar-refractivity contribution in [1.82, 2.24) is 0 Å². The third kappa shape index (κ3) is 5.26. The van der Waals surface area contributed by atoms with E-state index in [1.807, 2.05) is 225 Å². The topological polar surface area (TPSA) is 47.1 Å². The first-order chi connectivity index (χ1) is 27.6. The fourth-order valence-electron chi connectivity index (χ4n) is 8.06. The Balaban J connectivity index is 1.31. The Kier molecular flexibility index (Phi) is 8.26. The molecule has 0 spiro atoms. The summed E-state index contributed by atoms with van der Waals surface area (Å²) < 4.78 is 42.1. The highest BCUT2D eigenvalue weighted by Gasteiger charge is 2.52. The molecule has 0 amide bonds. The molecule has 56 heavy (non-hydrogen) atoms. The Morgan fingerprint density at radius 2 is 0.518 bits per heavy atom. The van der Waals surface area contributed by atoms with E-state index < -0.39 is 14.9 Å². The Morgan fingerprint density at radius 3 is 0.804 bits per heavy atom. The van der Waals surface area contributed by atoms with Gasteiger partial charge in [-0.25, -0.2) is 0 Å². The zero-order valence-corrected chi connectivity index (χ0v) is 32.1. The maximum Gasteiger partial charge on any atom is 0.301 e. The molecule has 0 atom stereocenters. The van der Waals surface area contributed by atoms with Crippen LogP contribution in [0.3, 0.4) is 0 Å². The van der Waals surface area contributed by atoms with E-state index in [0.29, 0.717) is 10.6 Å². The van der Waals surface area contributed by atoms with Gasteiger partial charge in [0.15, 0.2) is 0 Å². The van der Waals surface area contributed by atoms with Crippen molar-refractivity contribution in [1.29, 1.82) is 0 Å². The molecule has 0 bridgehead atoms. The van der Waals surface area contributed by atoms with Crippen LogP contribution in [-0.4, -0.2) is 0 Å². The lowest BCUT2D eigenvalue weighted by atomic mass is 10.1. The van der Waals surface area contributed by atoms with Crippen LogP contribution in [0.2, 0.25) is 0 Å². The largest absolute Gasteiger partial charge is 0.301 e. The second-order valence-electron chi connectivity index (χ2n) is 13.8. The summed E-state index contributed by atoms with van der Waals surface area (Å²) in [6, 6.07) is 71.9. The van der Waals surface area contributed by atoms with Crippen LogP contribution < -0.4 is 29.3 Å². The number of para-hydroxylation sites is 8. The van der Waals surface area contributed by atoms with E-state index in [9.17, 15) is 0 Å². The van der Waals surface area contributed by atoms with Crippen LogP contribution >= 0.6 is 14.9 Å². The number of hydrogen-bond acceptors (Lipinski definition) is 2. The average Bonchev–Trinajstić information content (AvgIpc) is 3.71. The van der Waals surface area contributed by atoms with Gasteiger partial charge in [-0.05, 0) is 102 Å². The summed E-state index contributed by atoms with van der Waals surface area (Å²) in [4.78, 5) is 0. The van der Waals surface area contributed by atoms with Gasteiger partial charge in [-0.3, -0.25) is 27.8 Å². The molecule has 0 aliphatic carbocycles. The number of rotatable bonds is 7. The molecule has 2 heterocycles. The van der Waals surface area contributed by atoms with E-state index in [2.05, 4.69) is 12.1 Å². The fraction of sp³-hybridized carbons (Fsp3) is 0.